The van der Waals surface area contributed by atoms with E-state index in [9.17, 15) is 4.79 Å². The molecule has 0 bridgehead atoms. The van der Waals surface area contributed by atoms with Crippen molar-refractivity contribution in [2.24, 2.45) is 0 Å². The van der Waals surface area contributed by atoms with Crippen LogP contribution in [0.3, 0.4) is 0 Å². The Hall–Kier alpha value is -1.22. The lowest BCUT2D eigenvalue weighted by molar-refractivity contribution is 0.0993. The molecule has 0 amide bonds. The van der Waals surface area contributed by atoms with E-state index >= 15 is 0 Å². The van der Waals surface area contributed by atoms with E-state index in [4.69, 9.17) is 40.5 Å². The largest absolute Gasteiger partial charge is 0.396 e. The van der Waals surface area contributed by atoms with Crippen molar-refractivity contribution < 1.29 is 4.79 Å². The Balaban J connectivity index is 2.23. The molecule has 2 rings (SSSR count). The minimum absolute atomic E-state index is 0.0777. The molecule has 0 aromatic heterocycles. The Kier molecular flexibility index (Phi) is 4.35. The second-order valence-corrected chi connectivity index (χ2v) is 5.33. The van der Waals surface area contributed by atoms with Crippen LogP contribution in [0.5, 0.6) is 0 Å². The van der Waals surface area contributed by atoms with Crippen LogP contribution in [0.1, 0.15) is 15.9 Å². The minimum Gasteiger partial charge on any atom is -0.396 e. The molecule has 0 saturated carbocycles. The molecule has 0 aliphatic carbocycles. The first-order valence-electron chi connectivity index (χ1n) is 5.49. The summed E-state index contributed by atoms with van der Waals surface area (Å²) in [5.41, 5.74) is 7.23. The zero-order chi connectivity index (χ0) is 14.0. The lowest BCUT2D eigenvalue weighted by Gasteiger charge is -2.06. The number of Topliss-reactive ketones (excluding diaryl/α,β-unsaturated/α-hetero) is 1. The summed E-state index contributed by atoms with van der Waals surface area (Å²) < 4.78 is 0. The summed E-state index contributed by atoms with van der Waals surface area (Å²) in [6.45, 7) is 0. The maximum absolute atomic E-state index is 12.1. The molecule has 0 aliphatic heterocycles. The molecule has 0 atom stereocenters. The van der Waals surface area contributed by atoms with Gasteiger partial charge in [-0.05, 0) is 29.8 Å². The van der Waals surface area contributed by atoms with Crippen molar-refractivity contribution in [3.8, 4) is 0 Å². The average molecular weight is 315 g/mol. The fourth-order valence-corrected chi connectivity index (χ4v) is 2.25. The van der Waals surface area contributed by atoms with E-state index in [0.717, 1.165) is 5.56 Å². The van der Waals surface area contributed by atoms with E-state index in [0.29, 0.717) is 10.6 Å². The second kappa shape index (κ2) is 5.83. The van der Waals surface area contributed by atoms with Gasteiger partial charge in [-0.2, -0.15) is 0 Å². The predicted octanol–water partition coefficient (Wildman–Crippen LogP) is 4.65. The van der Waals surface area contributed by atoms with E-state index in [2.05, 4.69) is 0 Å². The molecule has 2 aromatic carbocycles. The van der Waals surface area contributed by atoms with Crippen LogP contribution in [0.4, 0.5) is 5.69 Å². The molecule has 0 fully saturated rings. The first-order chi connectivity index (χ1) is 8.97. The number of anilines is 1. The highest BCUT2D eigenvalue weighted by atomic mass is 35.5. The van der Waals surface area contributed by atoms with Crippen LogP contribution >= 0.6 is 34.8 Å². The van der Waals surface area contributed by atoms with Gasteiger partial charge in [0, 0.05) is 17.0 Å². The zero-order valence-electron chi connectivity index (χ0n) is 9.79. The summed E-state index contributed by atoms with van der Waals surface area (Å²) in [6, 6.07) is 10.2. The normalized spacial score (nSPS) is 10.5. The highest BCUT2D eigenvalue weighted by molar-refractivity contribution is 6.39. The molecular formula is C14H10Cl3NO. The maximum atomic E-state index is 12.1. The van der Waals surface area contributed by atoms with E-state index in [1.165, 1.54) is 12.1 Å². The van der Waals surface area contributed by atoms with Gasteiger partial charge in [0.15, 0.2) is 5.78 Å². The van der Waals surface area contributed by atoms with Crippen LogP contribution < -0.4 is 5.73 Å². The van der Waals surface area contributed by atoms with Crippen molar-refractivity contribution in [3.63, 3.8) is 0 Å². The first-order valence-corrected chi connectivity index (χ1v) is 6.63. The molecule has 0 aliphatic rings. The molecule has 0 radical (unpaired) electrons. The number of carbonyl (C=O) groups is 1. The molecule has 2 nitrogen and oxygen atoms in total. The van der Waals surface area contributed by atoms with Gasteiger partial charge in [-0.25, -0.2) is 0 Å². The number of ketones is 1. The Labute approximate surface area is 126 Å². The van der Waals surface area contributed by atoms with Gasteiger partial charge in [-0.15, -0.1) is 0 Å². The van der Waals surface area contributed by atoms with Crippen LogP contribution in [-0.2, 0) is 6.42 Å². The van der Waals surface area contributed by atoms with E-state index < -0.39 is 0 Å². The van der Waals surface area contributed by atoms with Gasteiger partial charge in [0.05, 0.1) is 15.7 Å². The third-order valence-electron chi connectivity index (χ3n) is 2.68. The van der Waals surface area contributed by atoms with Crippen LogP contribution in [0.15, 0.2) is 36.4 Å². The van der Waals surface area contributed by atoms with Crippen molar-refractivity contribution >= 4 is 46.3 Å². The summed E-state index contributed by atoms with van der Waals surface area (Å²) in [5.74, 6) is -0.0777. The first kappa shape index (κ1) is 14.2. The number of nitrogen functional groups attached to an aromatic ring is 1. The van der Waals surface area contributed by atoms with Crippen LogP contribution in [0.2, 0.25) is 15.1 Å². The number of hydrogen-bond donors (Lipinski definition) is 1. The fourth-order valence-electron chi connectivity index (χ4n) is 1.64. The maximum Gasteiger partial charge on any atom is 0.167 e. The summed E-state index contributed by atoms with van der Waals surface area (Å²) in [6.07, 6.45) is 0.258. The molecule has 0 heterocycles. The van der Waals surface area contributed by atoms with Crippen LogP contribution in [0, 0.1) is 0 Å². The van der Waals surface area contributed by atoms with Crippen LogP contribution in [-0.4, -0.2) is 5.78 Å². The predicted molar refractivity (Wildman–Crippen MR) is 80.4 cm³/mol. The van der Waals surface area contributed by atoms with Crippen LogP contribution in [0.25, 0.3) is 0 Å². The van der Waals surface area contributed by atoms with E-state index in [1.807, 2.05) is 0 Å². The molecule has 0 unspecified atom stereocenters. The van der Waals surface area contributed by atoms with E-state index in [-0.39, 0.29) is 27.9 Å². The number of halogens is 3. The lowest BCUT2D eigenvalue weighted by atomic mass is 10.0. The number of carbonyl (C=O) groups excluding carboxylic acids is 1. The molecule has 2 aromatic rings. The Morgan fingerprint density at radius 1 is 1.00 bits per heavy atom. The van der Waals surface area contributed by atoms with Crippen molar-refractivity contribution in [2.45, 2.75) is 6.42 Å². The Morgan fingerprint density at radius 2 is 1.53 bits per heavy atom. The molecule has 0 saturated heterocycles. The highest BCUT2D eigenvalue weighted by Crippen LogP contribution is 2.29. The van der Waals surface area contributed by atoms with Gasteiger partial charge < -0.3 is 5.73 Å². The smallest absolute Gasteiger partial charge is 0.167 e. The molecule has 5 heteroatoms. The topological polar surface area (TPSA) is 43.1 Å². The zero-order valence-corrected chi connectivity index (χ0v) is 12.1. The number of nitrogens with two attached hydrogens (primary N) is 1. The number of hydrogen-bond acceptors (Lipinski definition) is 2. The van der Waals surface area contributed by atoms with Gasteiger partial charge in [0.1, 0.15) is 0 Å². The third kappa shape index (κ3) is 3.41. The average Bonchev–Trinajstić information content (AvgIpc) is 2.38. The molecule has 2 N–H and O–H groups in total. The molecular weight excluding hydrogens is 305 g/mol. The third-order valence-corrected chi connectivity index (χ3v) is 3.56. The van der Waals surface area contributed by atoms with Gasteiger partial charge in [0.2, 0.25) is 0 Å². The number of benzene rings is 2. The molecule has 0 spiro atoms. The van der Waals surface area contributed by atoms with Gasteiger partial charge in [0.25, 0.3) is 0 Å². The standard InChI is InChI=1S/C14H10Cl3NO/c15-10-3-1-8(2-4-10)5-13(19)9-6-11(16)14(18)12(17)7-9/h1-4,6-7H,5,18H2. The minimum atomic E-state index is -0.0777. The lowest BCUT2D eigenvalue weighted by Crippen LogP contribution is -2.04. The van der Waals surface area contributed by atoms with Crippen molar-refractivity contribution in [3.05, 3.63) is 62.6 Å². The van der Waals surface area contributed by atoms with Gasteiger partial charge >= 0.3 is 0 Å². The summed E-state index contributed by atoms with van der Waals surface area (Å²) >= 11 is 17.6. The highest BCUT2D eigenvalue weighted by Gasteiger charge is 2.12. The van der Waals surface area contributed by atoms with E-state index in [1.54, 1.807) is 24.3 Å². The monoisotopic (exact) mass is 313 g/mol. The quantitative estimate of drug-likeness (QED) is 0.661. The molecule has 19 heavy (non-hydrogen) atoms. The van der Waals surface area contributed by atoms with Gasteiger partial charge in [-0.3, -0.25) is 4.79 Å². The second-order valence-electron chi connectivity index (χ2n) is 4.08. The SMILES string of the molecule is Nc1c(Cl)cc(C(=O)Cc2ccc(Cl)cc2)cc1Cl. The summed E-state index contributed by atoms with van der Waals surface area (Å²) in [7, 11) is 0. The Bertz CT molecular complexity index is 600. The number of rotatable bonds is 3. The Morgan fingerprint density at radius 3 is 2.05 bits per heavy atom. The fraction of sp³-hybridized carbons (Fsp3) is 0.0714. The molecule has 98 valence electrons. The summed E-state index contributed by atoms with van der Waals surface area (Å²) in [5, 5.41) is 1.20. The van der Waals surface area contributed by atoms with Crippen molar-refractivity contribution in [1.82, 2.24) is 0 Å². The van der Waals surface area contributed by atoms with Crippen molar-refractivity contribution in [1.29, 1.82) is 0 Å². The summed E-state index contributed by atoms with van der Waals surface area (Å²) in [4.78, 5) is 12.1. The van der Waals surface area contributed by atoms with Crippen molar-refractivity contribution in [2.75, 3.05) is 5.73 Å². The van der Waals surface area contributed by atoms with Gasteiger partial charge in [-0.1, -0.05) is 46.9 Å².